The lowest BCUT2D eigenvalue weighted by atomic mass is 10.0. The van der Waals surface area contributed by atoms with Crippen molar-refractivity contribution in [3.8, 4) is 22.6 Å². The minimum atomic E-state index is -0.243. The maximum atomic E-state index is 14.0. The highest BCUT2D eigenvalue weighted by molar-refractivity contribution is 7.99. The summed E-state index contributed by atoms with van der Waals surface area (Å²) in [5.41, 5.74) is 2.96. The number of anilines is 1. The van der Waals surface area contributed by atoms with Crippen LogP contribution >= 0.6 is 34.7 Å². The SMILES string of the molecule is COc1ccc(NC(=O)CSc2nc3sc(C)c(-c4ccccc4)c3c(=O)n2-c2ccccc2)cc1Cl. The number of aryl methyl sites for hydroxylation is 1. The normalized spacial score (nSPS) is 11.0. The van der Waals surface area contributed by atoms with E-state index in [9.17, 15) is 9.59 Å². The van der Waals surface area contributed by atoms with Crippen LogP contribution in [0, 0.1) is 6.92 Å². The molecule has 186 valence electrons. The number of amides is 1. The van der Waals surface area contributed by atoms with Crippen LogP contribution in [-0.4, -0.2) is 28.3 Å². The molecule has 0 bridgehead atoms. The number of hydrogen-bond donors (Lipinski definition) is 1. The van der Waals surface area contributed by atoms with Gasteiger partial charge in [0.2, 0.25) is 5.91 Å². The second-order valence-electron chi connectivity index (χ2n) is 8.14. The first-order valence-corrected chi connectivity index (χ1v) is 13.6. The van der Waals surface area contributed by atoms with Crippen molar-refractivity contribution in [1.82, 2.24) is 9.55 Å². The lowest BCUT2D eigenvalue weighted by Crippen LogP contribution is -2.22. The Hall–Kier alpha value is -3.59. The van der Waals surface area contributed by atoms with Crippen molar-refractivity contribution in [3.63, 3.8) is 0 Å². The van der Waals surface area contributed by atoms with Gasteiger partial charge in [-0.05, 0) is 42.8 Å². The molecule has 37 heavy (non-hydrogen) atoms. The van der Waals surface area contributed by atoms with Gasteiger partial charge in [0.1, 0.15) is 10.6 Å². The second-order valence-corrected chi connectivity index (χ2v) is 10.7. The fourth-order valence-corrected chi connectivity index (χ4v) is 6.22. The Balaban J connectivity index is 1.52. The first kappa shape index (κ1) is 25.1. The minimum absolute atomic E-state index is 0.0598. The Morgan fingerprint density at radius 3 is 2.46 bits per heavy atom. The van der Waals surface area contributed by atoms with E-state index in [1.54, 1.807) is 22.8 Å². The third kappa shape index (κ3) is 5.13. The summed E-state index contributed by atoms with van der Waals surface area (Å²) in [6, 6.07) is 24.3. The smallest absolute Gasteiger partial charge is 0.268 e. The molecule has 0 unspecified atom stereocenters. The monoisotopic (exact) mass is 547 g/mol. The number of nitrogens with zero attached hydrogens (tertiary/aromatic N) is 2. The van der Waals surface area contributed by atoms with Crippen molar-refractivity contribution in [3.05, 3.63) is 99.1 Å². The number of fused-ring (bicyclic) bond motifs is 1. The summed E-state index contributed by atoms with van der Waals surface area (Å²) < 4.78 is 6.75. The third-order valence-corrected chi connectivity index (χ3v) is 7.95. The summed E-state index contributed by atoms with van der Waals surface area (Å²) in [5.74, 6) is 0.344. The molecule has 1 N–H and O–H groups in total. The van der Waals surface area contributed by atoms with Gasteiger partial charge in [0.05, 0.1) is 29.0 Å². The Bertz CT molecular complexity index is 1650. The highest BCUT2D eigenvalue weighted by Crippen LogP contribution is 2.37. The van der Waals surface area contributed by atoms with E-state index in [0.29, 0.717) is 37.5 Å². The average Bonchev–Trinajstić information content (AvgIpc) is 3.24. The van der Waals surface area contributed by atoms with E-state index >= 15 is 0 Å². The lowest BCUT2D eigenvalue weighted by molar-refractivity contribution is -0.113. The van der Waals surface area contributed by atoms with Gasteiger partial charge >= 0.3 is 0 Å². The van der Waals surface area contributed by atoms with Crippen LogP contribution in [0.25, 0.3) is 27.0 Å². The molecule has 0 fully saturated rings. The van der Waals surface area contributed by atoms with Crippen LogP contribution in [0.4, 0.5) is 5.69 Å². The Morgan fingerprint density at radius 2 is 1.78 bits per heavy atom. The Morgan fingerprint density at radius 1 is 1.08 bits per heavy atom. The van der Waals surface area contributed by atoms with Crippen molar-refractivity contribution in [2.45, 2.75) is 12.1 Å². The van der Waals surface area contributed by atoms with Gasteiger partial charge < -0.3 is 10.1 Å². The summed E-state index contributed by atoms with van der Waals surface area (Å²) in [6.07, 6.45) is 0. The van der Waals surface area contributed by atoms with Gasteiger partial charge in [0, 0.05) is 16.1 Å². The number of carbonyl (C=O) groups excluding carboxylic acids is 1. The molecule has 6 nitrogen and oxygen atoms in total. The number of para-hydroxylation sites is 1. The molecule has 5 aromatic rings. The van der Waals surface area contributed by atoms with Gasteiger partial charge in [0.25, 0.3) is 5.56 Å². The summed E-state index contributed by atoms with van der Waals surface area (Å²) in [7, 11) is 1.53. The van der Waals surface area contributed by atoms with Crippen molar-refractivity contribution < 1.29 is 9.53 Å². The molecule has 9 heteroatoms. The summed E-state index contributed by atoms with van der Waals surface area (Å²) >= 11 is 8.87. The number of hydrogen-bond acceptors (Lipinski definition) is 6. The van der Waals surface area contributed by atoms with Gasteiger partial charge in [0.15, 0.2) is 5.16 Å². The van der Waals surface area contributed by atoms with Crippen LogP contribution in [0.15, 0.2) is 88.8 Å². The zero-order valence-electron chi connectivity index (χ0n) is 20.0. The van der Waals surface area contributed by atoms with Crippen LogP contribution in [0.3, 0.4) is 0 Å². The number of aromatic nitrogens is 2. The van der Waals surface area contributed by atoms with E-state index in [1.165, 1.54) is 30.2 Å². The Kier molecular flexibility index (Phi) is 7.32. The molecule has 5 rings (SSSR count). The number of carbonyl (C=O) groups is 1. The number of thiophene rings is 1. The third-order valence-electron chi connectivity index (χ3n) is 5.72. The molecule has 0 saturated carbocycles. The summed E-state index contributed by atoms with van der Waals surface area (Å²) in [5, 5.41) is 4.27. The number of rotatable bonds is 7. The molecule has 0 atom stereocenters. The zero-order valence-corrected chi connectivity index (χ0v) is 22.4. The van der Waals surface area contributed by atoms with Gasteiger partial charge in [-0.1, -0.05) is 71.9 Å². The summed E-state index contributed by atoms with van der Waals surface area (Å²) in [4.78, 5) is 33.3. The number of halogens is 1. The average molecular weight is 548 g/mol. The van der Waals surface area contributed by atoms with Crippen LogP contribution in [0.5, 0.6) is 5.75 Å². The van der Waals surface area contributed by atoms with E-state index in [-0.39, 0.29) is 17.2 Å². The quantitative estimate of drug-likeness (QED) is 0.179. The predicted molar refractivity (Wildman–Crippen MR) is 153 cm³/mol. The van der Waals surface area contributed by atoms with E-state index in [2.05, 4.69) is 5.32 Å². The topological polar surface area (TPSA) is 73.2 Å². The summed E-state index contributed by atoms with van der Waals surface area (Å²) in [6.45, 7) is 2.00. The van der Waals surface area contributed by atoms with Crippen LogP contribution in [-0.2, 0) is 4.79 Å². The zero-order chi connectivity index (χ0) is 25.9. The van der Waals surface area contributed by atoms with E-state index in [1.807, 2.05) is 67.6 Å². The molecule has 2 aromatic heterocycles. The number of benzene rings is 3. The van der Waals surface area contributed by atoms with Gasteiger partial charge in [-0.2, -0.15) is 0 Å². The molecule has 0 saturated heterocycles. The van der Waals surface area contributed by atoms with Crippen LogP contribution in [0.2, 0.25) is 5.02 Å². The predicted octanol–water partition coefficient (Wildman–Crippen LogP) is 6.82. The molecule has 0 aliphatic carbocycles. The minimum Gasteiger partial charge on any atom is -0.495 e. The fourth-order valence-electron chi connectivity index (χ4n) is 4.07. The maximum Gasteiger partial charge on any atom is 0.268 e. The molecule has 0 spiro atoms. The van der Waals surface area contributed by atoms with E-state index < -0.39 is 0 Å². The number of thioether (sulfide) groups is 1. The van der Waals surface area contributed by atoms with Gasteiger partial charge in [-0.3, -0.25) is 14.2 Å². The molecule has 3 aromatic carbocycles. The van der Waals surface area contributed by atoms with Crippen molar-refractivity contribution in [2.24, 2.45) is 0 Å². The van der Waals surface area contributed by atoms with Gasteiger partial charge in [-0.15, -0.1) is 11.3 Å². The highest BCUT2D eigenvalue weighted by Gasteiger charge is 2.21. The lowest BCUT2D eigenvalue weighted by Gasteiger charge is -2.13. The van der Waals surface area contributed by atoms with Crippen LogP contribution in [0.1, 0.15) is 4.88 Å². The van der Waals surface area contributed by atoms with Crippen molar-refractivity contribution >= 4 is 56.5 Å². The van der Waals surface area contributed by atoms with Crippen LogP contribution < -0.4 is 15.6 Å². The van der Waals surface area contributed by atoms with Crippen molar-refractivity contribution in [2.75, 3.05) is 18.2 Å². The largest absolute Gasteiger partial charge is 0.495 e. The molecular formula is C28H22ClN3O3S2. The number of methoxy groups -OCH3 is 1. The first-order chi connectivity index (χ1) is 18.0. The van der Waals surface area contributed by atoms with Crippen molar-refractivity contribution in [1.29, 1.82) is 0 Å². The maximum absolute atomic E-state index is 14.0. The first-order valence-electron chi connectivity index (χ1n) is 11.4. The number of ether oxygens (including phenoxy) is 1. The second kappa shape index (κ2) is 10.8. The molecule has 0 radical (unpaired) electrons. The molecule has 2 heterocycles. The van der Waals surface area contributed by atoms with E-state index in [4.69, 9.17) is 21.3 Å². The fraction of sp³-hybridized carbons (Fsp3) is 0.107. The molecule has 1 amide bonds. The highest BCUT2D eigenvalue weighted by atomic mass is 35.5. The van der Waals surface area contributed by atoms with E-state index in [0.717, 1.165) is 16.0 Å². The molecule has 0 aliphatic heterocycles. The van der Waals surface area contributed by atoms with Gasteiger partial charge in [-0.25, -0.2) is 4.98 Å². The molecular weight excluding hydrogens is 526 g/mol. The standard InChI is InChI=1S/C28H22ClN3O3S2/c1-17-24(18-9-5-3-6-10-18)25-26(37-17)31-28(32(27(25)34)20-11-7-4-8-12-20)36-16-23(33)30-19-13-14-22(35-2)21(29)15-19/h3-15H,16H2,1-2H3,(H,30,33). The Labute approximate surface area is 226 Å². The number of nitrogens with one attached hydrogen (secondary N) is 1. The molecule has 0 aliphatic rings.